The highest BCUT2D eigenvalue weighted by Crippen LogP contribution is 2.26. The SMILES string of the molecule is Cc1csc(CO)c1S(=O)(=O)NCc1ncn(C)n1. The average molecular weight is 302 g/mol. The summed E-state index contributed by atoms with van der Waals surface area (Å²) < 4.78 is 28.3. The van der Waals surface area contributed by atoms with Crippen LogP contribution >= 0.6 is 11.3 Å². The van der Waals surface area contributed by atoms with Gasteiger partial charge < -0.3 is 5.11 Å². The number of hydrogen-bond donors (Lipinski definition) is 2. The average Bonchev–Trinajstić information content (AvgIpc) is 2.93. The third-order valence-corrected chi connectivity index (χ3v) is 5.32. The molecule has 0 aliphatic rings. The van der Waals surface area contributed by atoms with E-state index < -0.39 is 10.0 Å². The smallest absolute Gasteiger partial charge is 0.242 e. The predicted octanol–water partition coefficient (Wildman–Crippen LogP) is 0.156. The van der Waals surface area contributed by atoms with E-state index >= 15 is 0 Å². The molecule has 0 aromatic carbocycles. The van der Waals surface area contributed by atoms with E-state index in [1.54, 1.807) is 19.4 Å². The number of nitrogens with zero attached hydrogens (tertiary/aromatic N) is 3. The van der Waals surface area contributed by atoms with Gasteiger partial charge in [0.1, 0.15) is 11.2 Å². The van der Waals surface area contributed by atoms with Gasteiger partial charge in [-0.2, -0.15) is 5.10 Å². The maximum atomic E-state index is 12.2. The fourth-order valence-electron chi connectivity index (χ4n) is 1.65. The van der Waals surface area contributed by atoms with E-state index in [-0.39, 0.29) is 18.0 Å². The Hall–Kier alpha value is -1.29. The molecule has 0 saturated carbocycles. The van der Waals surface area contributed by atoms with E-state index in [4.69, 9.17) is 0 Å². The van der Waals surface area contributed by atoms with E-state index in [2.05, 4.69) is 14.8 Å². The molecular weight excluding hydrogens is 288 g/mol. The van der Waals surface area contributed by atoms with Crippen molar-refractivity contribution in [1.29, 1.82) is 0 Å². The summed E-state index contributed by atoms with van der Waals surface area (Å²) >= 11 is 1.22. The maximum Gasteiger partial charge on any atom is 0.242 e. The van der Waals surface area contributed by atoms with Crippen LogP contribution in [0.3, 0.4) is 0 Å². The van der Waals surface area contributed by atoms with Gasteiger partial charge in [-0.3, -0.25) is 4.68 Å². The lowest BCUT2D eigenvalue weighted by Gasteiger charge is -2.06. The van der Waals surface area contributed by atoms with Crippen molar-refractivity contribution in [2.45, 2.75) is 25.0 Å². The molecule has 2 N–H and O–H groups in total. The van der Waals surface area contributed by atoms with Gasteiger partial charge in [0.2, 0.25) is 10.0 Å². The second-order valence-electron chi connectivity index (χ2n) is 3.99. The minimum absolute atomic E-state index is 0.0172. The molecule has 7 nitrogen and oxygen atoms in total. The molecular formula is C10H14N4O3S2. The number of sulfonamides is 1. The van der Waals surface area contributed by atoms with Gasteiger partial charge in [-0.1, -0.05) is 0 Å². The fraction of sp³-hybridized carbons (Fsp3) is 0.400. The highest BCUT2D eigenvalue weighted by molar-refractivity contribution is 7.89. The summed E-state index contributed by atoms with van der Waals surface area (Å²) in [6.07, 6.45) is 1.50. The van der Waals surface area contributed by atoms with Crippen molar-refractivity contribution in [3.05, 3.63) is 28.0 Å². The molecule has 0 bridgehead atoms. The molecule has 0 aliphatic carbocycles. The number of rotatable bonds is 5. The van der Waals surface area contributed by atoms with Crippen LogP contribution < -0.4 is 4.72 Å². The van der Waals surface area contributed by atoms with Gasteiger partial charge in [0.15, 0.2) is 5.82 Å². The Labute approximate surface area is 115 Å². The van der Waals surface area contributed by atoms with Crippen LogP contribution in [-0.2, 0) is 30.2 Å². The number of hydrogen-bond acceptors (Lipinski definition) is 6. The van der Waals surface area contributed by atoms with E-state index in [0.29, 0.717) is 16.3 Å². The molecule has 0 aliphatic heterocycles. The van der Waals surface area contributed by atoms with E-state index in [1.807, 2.05) is 0 Å². The van der Waals surface area contributed by atoms with Crippen LogP contribution in [0.2, 0.25) is 0 Å². The number of aromatic nitrogens is 3. The molecule has 0 atom stereocenters. The molecule has 0 saturated heterocycles. The Morgan fingerprint density at radius 1 is 1.53 bits per heavy atom. The summed E-state index contributed by atoms with van der Waals surface area (Å²) in [7, 11) is -1.96. The van der Waals surface area contributed by atoms with Crippen molar-refractivity contribution < 1.29 is 13.5 Å². The standard InChI is InChI=1S/C10H14N4O3S2/c1-7-5-18-8(4-15)10(7)19(16,17)12-3-9-11-6-14(2)13-9/h5-6,12,15H,3-4H2,1-2H3. The van der Waals surface area contributed by atoms with E-state index in [1.165, 1.54) is 22.3 Å². The first-order valence-corrected chi connectivity index (χ1v) is 7.82. The van der Waals surface area contributed by atoms with Gasteiger partial charge in [-0.05, 0) is 17.9 Å². The lowest BCUT2D eigenvalue weighted by molar-refractivity contribution is 0.282. The number of aryl methyl sites for hydroxylation is 2. The summed E-state index contributed by atoms with van der Waals surface area (Å²) in [5, 5.41) is 14.9. The van der Waals surface area contributed by atoms with Gasteiger partial charge in [-0.15, -0.1) is 11.3 Å². The lowest BCUT2D eigenvalue weighted by Crippen LogP contribution is -2.25. The van der Waals surface area contributed by atoms with Gasteiger partial charge in [-0.25, -0.2) is 18.1 Å². The Morgan fingerprint density at radius 3 is 2.84 bits per heavy atom. The summed E-state index contributed by atoms with van der Waals surface area (Å²) in [4.78, 5) is 4.52. The topological polar surface area (TPSA) is 97.1 Å². The summed E-state index contributed by atoms with van der Waals surface area (Å²) in [6.45, 7) is 1.42. The second-order valence-corrected chi connectivity index (χ2v) is 6.66. The minimum atomic E-state index is -3.67. The zero-order valence-electron chi connectivity index (χ0n) is 10.5. The zero-order chi connectivity index (χ0) is 14.0. The van der Waals surface area contributed by atoms with Crippen LogP contribution in [0.1, 0.15) is 16.3 Å². The van der Waals surface area contributed by atoms with Crippen LogP contribution in [0.5, 0.6) is 0 Å². The number of aliphatic hydroxyl groups is 1. The molecule has 104 valence electrons. The monoisotopic (exact) mass is 302 g/mol. The number of aliphatic hydroxyl groups excluding tert-OH is 1. The molecule has 19 heavy (non-hydrogen) atoms. The Bertz CT molecular complexity index is 675. The first kappa shape index (κ1) is 14.1. The van der Waals surface area contributed by atoms with E-state index in [0.717, 1.165) is 0 Å². The van der Waals surface area contributed by atoms with Crippen molar-refractivity contribution in [1.82, 2.24) is 19.5 Å². The highest BCUT2D eigenvalue weighted by Gasteiger charge is 2.22. The molecule has 0 amide bonds. The van der Waals surface area contributed by atoms with Crippen molar-refractivity contribution in [2.75, 3.05) is 0 Å². The second kappa shape index (κ2) is 5.37. The normalized spacial score (nSPS) is 11.9. The molecule has 2 heterocycles. The van der Waals surface area contributed by atoms with Crippen LogP contribution in [0, 0.1) is 6.92 Å². The van der Waals surface area contributed by atoms with Crippen molar-refractivity contribution >= 4 is 21.4 Å². The Balaban J connectivity index is 2.20. The summed E-state index contributed by atoms with van der Waals surface area (Å²) in [6, 6.07) is 0. The zero-order valence-corrected chi connectivity index (χ0v) is 12.1. The van der Waals surface area contributed by atoms with Crippen molar-refractivity contribution in [3.63, 3.8) is 0 Å². The first-order chi connectivity index (χ1) is 8.94. The maximum absolute atomic E-state index is 12.2. The van der Waals surface area contributed by atoms with Crippen LogP contribution in [0.25, 0.3) is 0 Å². The molecule has 2 aromatic heterocycles. The number of thiophene rings is 1. The van der Waals surface area contributed by atoms with Gasteiger partial charge in [0, 0.05) is 7.05 Å². The predicted molar refractivity (Wildman–Crippen MR) is 70.0 cm³/mol. The third kappa shape index (κ3) is 3.00. The molecule has 9 heteroatoms. The van der Waals surface area contributed by atoms with Crippen LogP contribution in [0.4, 0.5) is 0 Å². The summed E-state index contributed by atoms with van der Waals surface area (Å²) in [5.74, 6) is 0.393. The summed E-state index contributed by atoms with van der Waals surface area (Å²) in [5.41, 5.74) is 0.621. The van der Waals surface area contributed by atoms with Crippen molar-refractivity contribution in [3.8, 4) is 0 Å². The minimum Gasteiger partial charge on any atom is -0.391 e. The molecule has 0 fully saturated rings. The highest BCUT2D eigenvalue weighted by atomic mass is 32.2. The van der Waals surface area contributed by atoms with Crippen molar-refractivity contribution in [2.24, 2.45) is 7.05 Å². The Kier molecular flexibility index (Phi) is 3.99. The largest absolute Gasteiger partial charge is 0.391 e. The molecule has 2 rings (SSSR count). The third-order valence-electron chi connectivity index (χ3n) is 2.47. The number of nitrogens with one attached hydrogen (secondary N) is 1. The molecule has 0 unspecified atom stereocenters. The van der Waals surface area contributed by atoms with Gasteiger partial charge >= 0.3 is 0 Å². The molecule has 2 aromatic rings. The Morgan fingerprint density at radius 2 is 2.26 bits per heavy atom. The van der Waals surface area contributed by atoms with Gasteiger partial charge in [0.25, 0.3) is 0 Å². The van der Waals surface area contributed by atoms with E-state index in [9.17, 15) is 13.5 Å². The lowest BCUT2D eigenvalue weighted by atomic mass is 10.3. The fourth-order valence-corrected chi connectivity index (χ4v) is 4.29. The molecule has 0 radical (unpaired) electrons. The van der Waals surface area contributed by atoms with Crippen LogP contribution in [0.15, 0.2) is 16.6 Å². The van der Waals surface area contributed by atoms with Gasteiger partial charge in [0.05, 0.1) is 18.0 Å². The quantitative estimate of drug-likeness (QED) is 0.820. The first-order valence-electron chi connectivity index (χ1n) is 5.46. The van der Waals surface area contributed by atoms with Crippen LogP contribution in [-0.4, -0.2) is 28.3 Å². The molecule has 0 spiro atoms.